The van der Waals surface area contributed by atoms with Crippen LogP contribution in [0.2, 0.25) is 0 Å². The van der Waals surface area contributed by atoms with E-state index in [0.29, 0.717) is 0 Å². The molecule has 0 bridgehead atoms. The summed E-state index contributed by atoms with van der Waals surface area (Å²) in [5.74, 6) is -1.99. The molecule has 0 aromatic heterocycles. The molecule has 7 nitrogen and oxygen atoms in total. The van der Waals surface area contributed by atoms with Crippen LogP contribution in [0.15, 0.2) is 65.6 Å². The van der Waals surface area contributed by atoms with Gasteiger partial charge in [-0.15, -0.1) is 0 Å². The Labute approximate surface area is 237 Å². The van der Waals surface area contributed by atoms with Crippen LogP contribution in [0.1, 0.15) is 29.5 Å². The summed E-state index contributed by atoms with van der Waals surface area (Å²) in [6, 6.07) is 11.1. The molecule has 0 amide bonds. The zero-order valence-corrected chi connectivity index (χ0v) is 22.6. The molecular weight excluding hydrogens is 592 g/mol. The molecule has 1 unspecified atom stereocenters. The zero-order valence-electron chi connectivity index (χ0n) is 21.8. The summed E-state index contributed by atoms with van der Waals surface area (Å²) in [5, 5.41) is 0. The monoisotopic (exact) mass is 615 g/mol. The first kappa shape index (κ1) is 30.8. The minimum absolute atomic E-state index is 0.0174. The topological polar surface area (TPSA) is 82.1 Å². The summed E-state index contributed by atoms with van der Waals surface area (Å²) in [5.41, 5.74) is -1.71. The standard InChI is InChI=1S/C28H23F6NO6S/c1-39-26(36)13-10-19-16-35(42(37,38)20-5-2-4-18(15-20)41-27(30)31)24-14-17(9-12-25(24)40-19)8-11-21-22(28(32,33)34)6-3-7-23(21)29/h2-9,11-12,14-15,19,27H,10,13,16H2,1H3. The molecule has 0 saturated carbocycles. The fraction of sp³-hybridized carbons (Fsp3) is 0.250. The van der Waals surface area contributed by atoms with E-state index in [-0.39, 0.29) is 41.3 Å². The van der Waals surface area contributed by atoms with Gasteiger partial charge in [0.15, 0.2) is 0 Å². The molecule has 1 atom stereocenters. The largest absolute Gasteiger partial charge is 0.486 e. The first-order valence-electron chi connectivity index (χ1n) is 12.3. The lowest BCUT2D eigenvalue weighted by atomic mass is 10.0. The van der Waals surface area contributed by atoms with Crippen LogP contribution in [0, 0.1) is 5.82 Å². The molecule has 0 fully saturated rings. The Kier molecular flexibility index (Phi) is 9.04. The maximum absolute atomic E-state index is 14.3. The van der Waals surface area contributed by atoms with Crippen LogP contribution in [-0.2, 0) is 25.7 Å². The van der Waals surface area contributed by atoms with E-state index in [1.54, 1.807) is 0 Å². The highest BCUT2D eigenvalue weighted by atomic mass is 32.2. The highest BCUT2D eigenvalue weighted by Crippen LogP contribution is 2.40. The van der Waals surface area contributed by atoms with E-state index < -0.39 is 57.6 Å². The third-order valence-corrected chi connectivity index (χ3v) is 8.01. The first-order valence-corrected chi connectivity index (χ1v) is 13.7. The van der Waals surface area contributed by atoms with Gasteiger partial charge in [0, 0.05) is 18.1 Å². The van der Waals surface area contributed by atoms with Crippen molar-refractivity contribution < 1.29 is 53.8 Å². The first-order chi connectivity index (χ1) is 19.8. The van der Waals surface area contributed by atoms with Crippen molar-refractivity contribution in [2.75, 3.05) is 18.0 Å². The number of methoxy groups -OCH3 is 1. The summed E-state index contributed by atoms with van der Waals surface area (Å²) >= 11 is 0. The number of fused-ring (bicyclic) bond motifs is 1. The molecule has 14 heteroatoms. The van der Waals surface area contributed by atoms with Gasteiger partial charge in [0.1, 0.15) is 23.4 Å². The van der Waals surface area contributed by atoms with Crippen LogP contribution >= 0.6 is 0 Å². The predicted molar refractivity (Wildman–Crippen MR) is 140 cm³/mol. The van der Waals surface area contributed by atoms with E-state index in [0.717, 1.165) is 40.7 Å². The van der Waals surface area contributed by atoms with Gasteiger partial charge < -0.3 is 14.2 Å². The number of benzene rings is 3. The van der Waals surface area contributed by atoms with Crippen molar-refractivity contribution in [2.45, 2.75) is 36.6 Å². The highest BCUT2D eigenvalue weighted by Gasteiger charge is 2.36. The Morgan fingerprint density at radius 1 is 1.10 bits per heavy atom. The van der Waals surface area contributed by atoms with Gasteiger partial charge in [-0.05, 0) is 48.4 Å². The quantitative estimate of drug-likeness (QED) is 0.155. The van der Waals surface area contributed by atoms with Gasteiger partial charge in [-0.3, -0.25) is 9.10 Å². The van der Waals surface area contributed by atoms with Gasteiger partial charge in [0.05, 0.1) is 29.8 Å². The van der Waals surface area contributed by atoms with E-state index in [2.05, 4.69) is 9.47 Å². The predicted octanol–water partition coefficient (Wildman–Crippen LogP) is 6.53. The van der Waals surface area contributed by atoms with Gasteiger partial charge >= 0.3 is 18.8 Å². The van der Waals surface area contributed by atoms with Crippen LogP contribution < -0.4 is 13.8 Å². The molecule has 224 valence electrons. The number of carbonyl (C=O) groups is 1. The zero-order chi connectivity index (χ0) is 30.7. The number of anilines is 1. The summed E-state index contributed by atoms with van der Waals surface area (Å²) in [7, 11) is -3.25. The Morgan fingerprint density at radius 3 is 2.52 bits per heavy atom. The lowest BCUT2D eigenvalue weighted by Gasteiger charge is -2.35. The van der Waals surface area contributed by atoms with Crippen LogP contribution in [0.3, 0.4) is 0 Å². The Balaban J connectivity index is 1.75. The summed E-state index contributed by atoms with van der Waals surface area (Å²) in [6.07, 6.45) is -3.56. The molecule has 42 heavy (non-hydrogen) atoms. The second-order valence-corrected chi connectivity index (χ2v) is 10.9. The van der Waals surface area contributed by atoms with E-state index in [1.807, 2.05) is 0 Å². The van der Waals surface area contributed by atoms with Crippen molar-refractivity contribution in [1.29, 1.82) is 0 Å². The summed E-state index contributed by atoms with van der Waals surface area (Å²) < 4.78 is 123. The highest BCUT2D eigenvalue weighted by molar-refractivity contribution is 7.92. The number of ether oxygens (including phenoxy) is 3. The number of nitrogens with zero attached hydrogens (tertiary/aromatic N) is 1. The average Bonchev–Trinajstić information content (AvgIpc) is 2.93. The van der Waals surface area contributed by atoms with Crippen molar-refractivity contribution in [3.63, 3.8) is 0 Å². The second kappa shape index (κ2) is 12.3. The molecule has 1 aliphatic rings. The fourth-order valence-electron chi connectivity index (χ4n) is 4.26. The molecule has 4 rings (SSSR count). The summed E-state index contributed by atoms with van der Waals surface area (Å²) in [4.78, 5) is 11.3. The lowest BCUT2D eigenvalue weighted by Crippen LogP contribution is -2.43. The number of esters is 1. The molecule has 0 spiro atoms. The Bertz CT molecular complexity index is 1590. The molecular formula is C28H23F6NO6S. The number of hydrogen-bond donors (Lipinski definition) is 0. The van der Waals surface area contributed by atoms with E-state index in [1.165, 1.54) is 43.5 Å². The minimum atomic E-state index is -4.82. The number of carbonyl (C=O) groups excluding carboxylic acids is 1. The SMILES string of the molecule is COC(=O)CCC1CN(S(=O)(=O)c2cccc(OC(F)F)c2)c2cc(C=Cc3c(F)cccc3C(F)(F)F)ccc2O1. The van der Waals surface area contributed by atoms with Gasteiger partial charge in [-0.1, -0.05) is 30.4 Å². The van der Waals surface area contributed by atoms with Gasteiger partial charge in [-0.25, -0.2) is 12.8 Å². The third-order valence-electron chi connectivity index (χ3n) is 6.23. The van der Waals surface area contributed by atoms with Crippen LogP contribution in [-0.4, -0.2) is 40.8 Å². The number of sulfonamides is 1. The average molecular weight is 616 g/mol. The number of rotatable bonds is 9. The molecule has 1 aliphatic heterocycles. The van der Waals surface area contributed by atoms with Crippen LogP contribution in [0.25, 0.3) is 12.2 Å². The van der Waals surface area contributed by atoms with Crippen molar-refractivity contribution in [3.8, 4) is 11.5 Å². The summed E-state index contributed by atoms with van der Waals surface area (Å²) in [6.45, 7) is -3.50. The van der Waals surface area contributed by atoms with Crippen molar-refractivity contribution in [2.24, 2.45) is 0 Å². The molecule has 3 aromatic rings. The van der Waals surface area contributed by atoms with Gasteiger partial charge in [0.2, 0.25) is 0 Å². The molecule has 0 aliphatic carbocycles. The molecule has 0 N–H and O–H groups in total. The van der Waals surface area contributed by atoms with Gasteiger partial charge in [-0.2, -0.15) is 22.0 Å². The lowest BCUT2D eigenvalue weighted by molar-refractivity contribution is -0.141. The molecule has 0 saturated heterocycles. The normalized spacial score (nSPS) is 15.4. The fourth-order valence-corrected chi connectivity index (χ4v) is 5.80. The molecule has 1 heterocycles. The Hall–Kier alpha value is -4.20. The van der Waals surface area contributed by atoms with Gasteiger partial charge in [0.25, 0.3) is 10.0 Å². The van der Waals surface area contributed by atoms with Crippen molar-refractivity contribution in [1.82, 2.24) is 0 Å². The number of halogens is 6. The maximum atomic E-state index is 14.3. The maximum Gasteiger partial charge on any atom is 0.417 e. The third kappa shape index (κ3) is 6.98. The smallest absolute Gasteiger partial charge is 0.417 e. The minimum Gasteiger partial charge on any atom is -0.486 e. The van der Waals surface area contributed by atoms with Crippen molar-refractivity contribution >= 4 is 33.8 Å². The molecule has 3 aromatic carbocycles. The van der Waals surface area contributed by atoms with E-state index in [4.69, 9.17) is 4.74 Å². The van der Waals surface area contributed by atoms with E-state index in [9.17, 15) is 39.6 Å². The number of alkyl halides is 5. The van der Waals surface area contributed by atoms with E-state index >= 15 is 0 Å². The second-order valence-electron chi connectivity index (χ2n) is 9.00. The molecule has 0 radical (unpaired) electrons. The number of hydrogen-bond acceptors (Lipinski definition) is 6. The van der Waals surface area contributed by atoms with Crippen molar-refractivity contribution in [3.05, 3.63) is 83.2 Å². The van der Waals surface area contributed by atoms with Crippen LogP contribution in [0.4, 0.5) is 32.0 Å². The van der Waals surface area contributed by atoms with Crippen LogP contribution in [0.5, 0.6) is 11.5 Å². The Morgan fingerprint density at radius 2 is 1.83 bits per heavy atom.